The van der Waals surface area contributed by atoms with Crippen molar-refractivity contribution in [3.05, 3.63) is 12.2 Å². The zero-order chi connectivity index (χ0) is 30.2. The summed E-state index contributed by atoms with van der Waals surface area (Å²) in [5.41, 5.74) is 0. The number of carbonyl (C=O) groups excluding carboxylic acids is 1. The first-order valence-electron chi connectivity index (χ1n) is 18.5. The van der Waals surface area contributed by atoms with Crippen LogP contribution in [-0.4, -0.2) is 37.6 Å². The molecule has 2 atom stereocenters. The van der Waals surface area contributed by atoms with Crippen LogP contribution in [0.3, 0.4) is 0 Å². The molecular formula is C38H75NO2. The SMILES string of the molecule is CCCCC/C=C/CCCC(OC(=O)CCCCCN(C)C)C(CCCCCCCC)CCCCCCCCCC. The van der Waals surface area contributed by atoms with E-state index >= 15 is 0 Å². The molecule has 0 aromatic heterocycles. The van der Waals surface area contributed by atoms with E-state index in [0.29, 0.717) is 12.3 Å². The van der Waals surface area contributed by atoms with Crippen LogP contribution in [0, 0.1) is 5.92 Å². The average molecular weight is 578 g/mol. The third-order valence-electron chi connectivity index (χ3n) is 8.65. The molecule has 0 N–H and O–H groups in total. The van der Waals surface area contributed by atoms with E-state index in [9.17, 15) is 4.79 Å². The smallest absolute Gasteiger partial charge is 0.306 e. The van der Waals surface area contributed by atoms with Crippen molar-refractivity contribution in [2.75, 3.05) is 20.6 Å². The van der Waals surface area contributed by atoms with Crippen LogP contribution >= 0.6 is 0 Å². The molecular weight excluding hydrogens is 502 g/mol. The molecule has 0 spiro atoms. The Kier molecular flexibility index (Phi) is 31.4. The molecule has 3 heteroatoms. The molecule has 0 rings (SSSR count). The lowest BCUT2D eigenvalue weighted by Crippen LogP contribution is -2.27. The van der Waals surface area contributed by atoms with Gasteiger partial charge in [0.1, 0.15) is 6.10 Å². The van der Waals surface area contributed by atoms with Crippen molar-refractivity contribution < 1.29 is 9.53 Å². The number of ether oxygens (including phenoxy) is 1. The van der Waals surface area contributed by atoms with Gasteiger partial charge in [0.25, 0.3) is 0 Å². The van der Waals surface area contributed by atoms with Crippen LogP contribution in [0.2, 0.25) is 0 Å². The number of rotatable bonds is 32. The molecule has 244 valence electrons. The Bertz CT molecular complexity index is 558. The molecule has 0 amide bonds. The minimum absolute atomic E-state index is 0.0545. The maximum absolute atomic E-state index is 13.0. The Morgan fingerprint density at radius 3 is 1.56 bits per heavy atom. The third kappa shape index (κ3) is 29.0. The molecule has 0 saturated heterocycles. The second kappa shape index (κ2) is 32.1. The maximum atomic E-state index is 13.0. The van der Waals surface area contributed by atoms with Gasteiger partial charge in [-0.15, -0.1) is 0 Å². The first-order chi connectivity index (χ1) is 20.0. The van der Waals surface area contributed by atoms with E-state index in [1.54, 1.807) is 0 Å². The van der Waals surface area contributed by atoms with Crippen LogP contribution in [0.1, 0.15) is 194 Å². The lowest BCUT2D eigenvalue weighted by Gasteiger charge is -2.28. The van der Waals surface area contributed by atoms with Crippen molar-refractivity contribution in [2.45, 2.75) is 200 Å². The first-order valence-corrected chi connectivity index (χ1v) is 18.5. The quantitative estimate of drug-likeness (QED) is 0.0452. The first kappa shape index (κ1) is 40.2. The van der Waals surface area contributed by atoms with Gasteiger partial charge in [0, 0.05) is 6.42 Å². The van der Waals surface area contributed by atoms with Crippen molar-refractivity contribution in [3.63, 3.8) is 0 Å². The van der Waals surface area contributed by atoms with Crippen LogP contribution in [0.25, 0.3) is 0 Å². The highest BCUT2D eigenvalue weighted by Gasteiger charge is 2.24. The Hall–Kier alpha value is -0.830. The lowest BCUT2D eigenvalue weighted by molar-refractivity contribution is -0.153. The number of carbonyl (C=O) groups is 1. The Morgan fingerprint density at radius 1 is 0.561 bits per heavy atom. The highest BCUT2D eigenvalue weighted by molar-refractivity contribution is 5.69. The summed E-state index contributed by atoms with van der Waals surface area (Å²) in [6, 6.07) is 0. The molecule has 41 heavy (non-hydrogen) atoms. The molecule has 0 saturated carbocycles. The van der Waals surface area contributed by atoms with E-state index in [4.69, 9.17) is 4.74 Å². The molecule has 2 unspecified atom stereocenters. The van der Waals surface area contributed by atoms with Gasteiger partial charge in [-0.2, -0.15) is 0 Å². The monoisotopic (exact) mass is 578 g/mol. The molecule has 0 aromatic carbocycles. The van der Waals surface area contributed by atoms with Crippen molar-refractivity contribution in [2.24, 2.45) is 5.92 Å². The van der Waals surface area contributed by atoms with Gasteiger partial charge in [-0.3, -0.25) is 4.79 Å². The topological polar surface area (TPSA) is 29.5 Å². The van der Waals surface area contributed by atoms with Crippen molar-refractivity contribution in [3.8, 4) is 0 Å². The molecule has 0 aliphatic carbocycles. The van der Waals surface area contributed by atoms with Gasteiger partial charge in [0.05, 0.1) is 0 Å². The molecule has 0 aromatic rings. The molecule has 0 aliphatic heterocycles. The maximum Gasteiger partial charge on any atom is 0.306 e. The summed E-state index contributed by atoms with van der Waals surface area (Å²) >= 11 is 0. The average Bonchev–Trinajstić information content (AvgIpc) is 2.95. The van der Waals surface area contributed by atoms with E-state index in [2.05, 4.69) is 51.9 Å². The molecule has 3 nitrogen and oxygen atoms in total. The summed E-state index contributed by atoms with van der Waals surface area (Å²) in [7, 11) is 4.24. The van der Waals surface area contributed by atoms with Gasteiger partial charge in [0.15, 0.2) is 0 Å². The second-order valence-electron chi connectivity index (χ2n) is 13.1. The largest absolute Gasteiger partial charge is 0.462 e. The normalized spacial score (nSPS) is 13.3. The fraction of sp³-hybridized carbons (Fsp3) is 0.921. The third-order valence-corrected chi connectivity index (χ3v) is 8.65. The van der Waals surface area contributed by atoms with E-state index < -0.39 is 0 Å². The number of hydrogen-bond acceptors (Lipinski definition) is 3. The van der Waals surface area contributed by atoms with Gasteiger partial charge in [-0.25, -0.2) is 0 Å². The minimum Gasteiger partial charge on any atom is -0.462 e. The highest BCUT2D eigenvalue weighted by atomic mass is 16.5. The summed E-state index contributed by atoms with van der Waals surface area (Å²) < 4.78 is 6.34. The molecule has 0 bridgehead atoms. The van der Waals surface area contributed by atoms with Crippen molar-refractivity contribution in [1.29, 1.82) is 0 Å². The van der Waals surface area contributed by atoms with E-state index in [-0.39, 0.29) is 12.1 Å². The van der Waals surface area contributed by atoms with Crippen LogP contribution in [-0.2, 0) is 9.53 Å². The van der Waals surface area contributed by atoms with Gasteiger partial charge < -0.3 is 9.64 Å². The van der Waals surface area contributed by atoms with Gasteiger partial charge in [-0.1, -0.05) is 142 Å². The molecule has 0 heterocycles. The highest BCUT2D eigenvalue weighted by Crippen LogP contribution is 2.28. The summed E-state index contributed by atoms with van der Waals surface area (Å²) in [5, 5.41) is 0. The van der Waals surface area contributed by atoms with Crippen LogP contribution < -0.4 is 0 Å². The van der Waals surface area contributed by atoms with E-state index in [1.807, 2.05) is 0 Å². The zero-order valence-corrected chi connectivity index (χ0v) is 28.9. The Balaban J connectivity index is 4.98. The predicted molar refractivity (Wildman–Crippen MR) is 183 cm³/mol. The summed E-state index contributed by atoms with van der Waals surface area (Å²) in [5.74, 6) is 0.589. The summed E-state index contributed by atoms with van der Waals surface area (Å²) in [6.07, 6.45) is 38.5. The zero-order valence-electron chi connectivity index (χ0n) is 28.9. The van der Waals surface area contributed by atoms with Crippen molar-refractivity contribution >= 4 is 5.97 Å². The Labute approximate surface area is 259 Å². The van der Waals surface area contributed by atoms with Crippen molar-refractivity contribution in [1.82, 2.24) is 4.90 Å². The molecule has 0 fully saturated rings. The minimum atomic E-state index is 0.0545. The number of unbranched alkanes of at least 4 members (excludes halogenated alkanes) is 18. The summed E-state index contributed by atoms with van der Waals surface area (Å²) in [6.45, 7) is 7.95. The van der Waals surface area contributed by atoms with E-state index in [1.165, 1.54) is 128 Å². The molecule has 0 radical (unpaired) electrons. The number of allylic oxidation sites excluding steroid dienone is 2. The van der Waals surface area contributed by atoms with Crippen LogP contribution in [0.4, 0.5) is 0 Å². The fourth-order valence-electron chi connectivity index (χ4n) is 5.92. The summed E-state index contributed by atoms with van der Waals surface area (Å²) in [4.78, 5) is 15.2. The van der Waals surface area contributed by atoms with Gasteiger partial charge >= 0.3 is 5.97 Å². The van der Waals surface area contributed by atoms with Gasteiger partial charge in [-0.05, 0) is 84.3 Å². The van der Waals surface area contributed by atoms with Crippen LogP contribution in [0.5, 0.6) is 0 Å². The van der Waals surface area contributed by atoms with E-state index in [0.717, 1.165) is 45.1 Å². The number of esters is 1. The Morgan fingerprint density at radius 2 is 1.02 bits per heavy atom. The predicted octanol–water partition coefficient (Wildman–Crippen LogP) is 12.2. The van der Waals surface area contributed by atoms with Gasteiger partial charge in [0.2, 0.25) is 0 Å². The van der Waals surface area contributed by atoms with Crippen LogP contribution in [0.15, 0.2) is 12.2 Å². The molecule has 0 aliphatic rings. The number of hydrogen-bond donors (Lipinski definition) is 0. The number of nitrogens with zero attached hydrogens (tertiary/aromatic N) is 1. The standard InChI is InChI=1S/C38H75NO2/c1-6-9-12-15-18-20-23-27-32-36(31-26-22-17-14-11-8-3)37(33-28-24-21-19-16-13-10-7-2)41-38(40)34-29-25-30-35-39(4)5/h19,21,36-37H,6-18,20,22-35H2,1-5H3/b21-19+. The fourth-order valence-corrected chi connectivity index (χ4v) is 5.92. The second-order valence-corrected chi connectivity index (χ2v) is 13.1. The lowest BCUT2D eigenvalue weighted by atomic mass is 9.87.